The van der Waals surface area contributed by atoms with Crippen molar-refractivity contribution in [2.45, 2.75) is 35.2 Å². The number of aromatic hydroxyl groups is 1. The molecule has 0 saturated carbocycles. The maximum Gasteiger partial charge on any atom is 0.416 e. The fourth-order valence-corrected chi connectivity index (χ4v) is 11.6. The number of hydrogen-bond donors (Lipinski definition) is 1. The van der Waals surface area contributed by atoms with Gasteiger partial charge in [-0.1, -0.05) is 0 Å². The maximum atomic E-state index is 13.3. The van der Waals surface area contributed by atoms with Crippen molar-refractivity contribution in [2.24, 2.45) is 0 Å². The fourth-order valence-electron chi connectivity index (χ4n) is 6.65. The number of alkyl halides is 6. The van der Waals surface area contributed by atoms with Gasteiger partial charge < -0.3 is 9.84 Å². The molecule has 10 rings (SSSR count). The van der Waals surface area contributed by atoms with Gasteiger partial charge >= 0.3 is 12.4 Å². The molecule has 67 heavy (non-hydrogen) atoms. The van der Waals surface area contributed by atoms with Crippen molar-refractivity contribution in [3.8, 4) is 39.5 Å². The van der Waals surface area contributed by atoms with Crippen LogP contribution in [0.4, 0.5) is 41.0 Å². The lowest BCUT2D eigenvalue weighted by Crippen LogP contribution is -2.23. The van der Waals surface area contributed by atoms with Crippen LogP contribution < -0.4 is 13.3 Å². The third kappa shape index (κ3) is 9.89. The molecule has 1 N–H and O–H groups in total. The predicted molar refractivity (Wildman–Crippen MR) is 230 cm³/mol. The molecule has 4 aromatic carbocycles. The Labute approximate surface area is 383 Å². The molecule has 2 aliphatic rings. The number of thiazole rings is 2. The Morgan fingerprint density at radius 2 is 1.09 bits per heavy atom. The van der Waals surface area contributed by atoms with Gasteiger partial charge in [-0.3, -0.25) is 0 Å². The van der Waals surface area contributed by atoms with Gasteiger partial charge in [0.2, 0.25) is 0 Å². The average molecular weight is 1000 g/mol. The summed E-state index contributed by atoms with van der Waals surface area (Å²) in [7, 11) is -7.32. The standard InChI is InChI=1S/C21H13F3N4O3S2.C11H7F3N2O.C10H7FN2O2S2/c22-21(23,24)15-1-3-18(17(10-15)13-5-6-26-27-11-13)31-16-2-4-19-14(9-16)12-28(33(19,29)30)20-25-7-8-32-20;12-11(13,14)8-1-2-10(17)9(5-8)7-3-4-15-16-6-7;11-8-1-2-9-7(5-8)6-13(17(9,14)15)10-12-3-4-16-10/h1-11H,12H2;1-6,17H;1-5H,6H2. The van der Waals surface area contributed by atoms with Crippen molar-refractivity contribution >= 4 is 53.0 Å². The van der Waals surface area contributed by atoms with Gasteiger partial charge in [0.05, 0.1) is 58.8 Å². The van der Waals surface area contributed by atoms with Gasteiger partial charge in [-0.2, -0.15) is 46.7 Å². The number of fused-ring (bicyclic) bond motifs is 2. The first kappa shape index (κ1) is 46.4. The lowest BCUT2D eigenvalue weighted by atomic mass is 10.0. The zero-order chi connectivity index (χ0) is 47.7. The molecule has 0 radical (unpaired) electrons. The van der Waals surface area contributed by atoms with Gasteiger partial charge in [0.25, 0.3) is 20.0 Å². The second-order valence-electron chi connectivity index (χ2n) is 14.0. The molecular formula is C42H27F7N8O6S4. The van der Waals surface area contributed by atoms with Crippen LogP contribution in [-0.2, 0) is 45.5 Å². The van der Waals surface area contributed by atoms with E-state index in [-0.39, 0.29) is 51.3 Å². The van der Waals surface area contributed by atoms with Crippen molar-refractivity contribution in [1.82, 2.24) is 30.4 Å². The molecule has 0 bridgehead atoms. The second kappa shape index (κ2) is 18.3. The number of sulfonamides is 2. The third-order valence-electron chi connectivity index (χ3n) is 9.73. The Morgan fingerprint density at radius 3 is 1.60 bits per heavy atom. The summed E-state index contributed by atoms with van der Waals surface area (Å²) in [5, 5.41) is 28.1. The van der Waals surface area contributed by atoms with E-state index in [4.69, 9.17) is 4.74 Å². The molecule has 0 saturated heterocycles. The molecule has 0 amide bonds. The number of rotatable bonds is 6. The normalized spacial score (nSPS) is 14.6. The Hall–Kier alpha value is -7.09. The van der Waals surface area contributed by atoms with Gasteiger partial charge in [0, 0.05) is 45.4 Å². The van der Waals surface area contributed by atoms with Gasteiger partial charge in [-0.15, -0.1) is 22.7 Å². The highest BCUT2D eigenvalue weighted by Crippen LogP contribution is 2.42. The zero-order valence-electron chi connectivity index (χ0n) is 33.5. The third-order valence-corrected chi connectivity index (χ3v) is 15.2. The van der Waals surface area contributed by atoms with Crippen molar-refractivity contribution in [3.63, 3.8) is 0 Å². The summed E-state index contributed by atoms with van der Waals surface area (Å²) in [6.45, 7) is 0.222. The molecule has 0 unspecified atom stereocenters. The van der Waals surface area contributed by atoms with Crippen LogP contribution in [-0.4, -0.2) is 52.3 Å². The summed E-state index contributed by atoms with van der Waals surface area (Å²) in [4.78, 5) is 8.34. The van der Waals surface area contributed by atoms with Crippen LogP contribution in [0.2, 0.25) is 0 Å². The van der Waals surface area contributed by atoms with E-state index in [0.717, 1.165) is 36.4 Å². The van der Waals surface area contributed by atoms with Crippen molar-refractivity contribution in [3.05, 3.63) is 161 Å². The van der Waals surface area contributed by atoms with Gasteiger partial charge in [-0.05, 0) is 96.1 Å². The van der Waals surface area contributed by atoms with Crippen molar-refractivity contribution in [1.29, 1.82) is 0 Å². The molecule has 4 aromatic heterocycles. The topological polar surface area (TPSA) is 182 Å². The maximum absolute atomic E-state index is 13.3. The Balaban J connectivity index is 0.000000150. The fraction of sp³-hybridized carbons (Fsp3) is 0.0952. The second-order valence-corrected chi connectivity index (χ2v) is 19.4. The van der Waals surface area contributed by atoms with E-state index < -0.39 is 49.3 Å². The van der Waals surface area contributed by atoms with Crippen LogP contribution in [0.15, 0.2) is 143 Å². The number of anilines is 2. The molecular weight excluding hydrogens is 974 g/mol. The lowest BCUT2D eigenvalue weighted by molar-refractivity contribution is -0.138. The van der Waals surface area contributed by atoms with Crippen LogP contribution in [0.1, 0.15) is 22.3 Å². The molecule has 0 spiro atoms. The molecule has 0 aliphatic carbocycles. The first-order valence-electron chi connectivity index (χ1n) is 18.9. The predicted octanol–water partition coefficient (Wildman–Crippen LogP) is 9.98. The van der Waals surface area contributed by atoms with E-state index in [0.29, 0.717) is 32.5 Å². The molecule has 14 nitrogen and oxygen atoms in total. The van der Waals surface area contributed by atoms with Crippen LogP contribution in [0.5, 0.6) is 17.2 Å². The van der Waals surface area contributed by atoms with Crippen molar-refractivity contribution in [2.75, 3.05) is 8.61 Å². The molecule has 6 heterocycles. The highest BCUT2D eigenvalue weighted by molar-refractivity contribution is 7.93. The summed E-state index contributed by atoms with van der Waals surface area (Å²) in [5.74, 6) is -0.215. The Bertz CT molecular complexity index is 3280. The minimum Gasteiger partial charge on any atom is -0.507 e. The number of ether oxygens (including phenoxy) is 1. The molecule has 344 valence electrons. The smallest absolute Gasteiger partial charge is 0.416 e. The van der Waals surface area contributed by atoms with Crippen LogP contribution in [0, 0.1) is 5.82 Å². The summed E-state index contributed by atoms with van der Waals surface area (Å²) in [6, 6.07) is 17.0. The molecule has 0 fully saturated rings. The Morgan fingerprint density at radius 1 is 0.582 bits per heavy atom. The summed E-state index contributed by atoms with van der Waals surface area (Å²) < 4.78 is 149. The first-order chi connectivity index (χ1) is 31.8. The largest absolute Gasteiger partial charge is 0.507 e. The van der Waals surface area contributed by atoms with Crippen LogP contribution in [0.25, 0.3) is 22.3 Å². The monoisotopic (exact) mass is 1000 g/mol. The van der Waals surface area contributed by atoms with Gasteiger partial charge in [0.1, 0.15) is 23.1 Å². The average Bonchev–Trinajstić information content (AvgIpc) is 4.11. The molecule has 0 atom stereocenters. The molecule has 25 heteroatoms. The van der Waals surface area contributed by atoms with E-state index in [1.807, 2.05) is 0 Å². The number of hydrogen-bond acceptors (Lipinski definition) is 14. The van der Waals surface area contributed by atoms with E-state index in [2.05, 4.69) is 30.4 Å². The van der Waals surface area contributed by atoms with Crippen LogP contribution in [0.3, 0.4) is 0 Å². The van der Waals surface area contributed by atoms with Gasteiger partial charge in [-0.25, -0.2) is 39.8 Å². The summed E-state index contributed by atoms with van der Waals surface area (Å²) >= 11 is 2.44. The number of nitrogens with zero attached hydrogens (tertiary/aromatic N) is 8. The first-order valence-corrected chi connectivity index (χ1v) is 23.5. The highest BCUT2D eigenvalue weighted by Gasteiger charge is 2.38. The van der Waals surface area contributed by atoms with Crippen LogP contribution >= 0.6 is 22.7 Å². The van der Waals surface area contributed by atoms with Crippen molar-refractivity contribution < 1.29 is 57.4 Å². The van der Waals surface area contributed by atoms with E-state index in [9.17, 15) is 52.7 Å². The van der Waals surface area contributed by atoms with E-state index >= 15 is 0 Å². The number of phenolic OH excluding ortho intramolecular Hbond substituents is 1. The molecule has 8 aromatic rings. The van der Waals surface area contributed by atoms with E-state index in [1.54, 1.807) is 23.0 Å². The number of phenols is 1. The highest BCUT2D eigenvalue weighted by atomic mass is 32.2. The number of benzene rings is 4. The lowest BCUT2D eigenvalue weighted by Gasteiger charge is -2.15. The number of halogens is 7. The minimum atomic E-state index is -4.53. The van der Waals surface area contributed by atoms with E-state index in [1.165, 1.54) is 105 Å². The quantitative estimate of drug-likeness (QED) is 0.156. The van der Waals surface area contributed by atoms with Gasteiger partial charge in [0.15, 0.2) is 10.3 Å². The summed E-state index contributed by atoms with van der Waals surface area (Å²) in [5.41, 5.74) is 0.352. The summed E-state index contributed by atoms with van der Waals surface area (Å²) in [6.07, 6.45) is -0.579. The SMILES string of the molecule is O=S1(=O)c2ccc(F)cc2CN1c1nccs1.O=S1(=O)c2ccc(Oc3ccc(C(F)(F)F)cc3-c3ccnnc3)cc2CN1c1nccs1.Oc1ccc(C(F)(F)F)cc1-c1ccnnc1. The Kier molecular flexibility index (Phi) is 12.7. The number of aromatic nitrogens is 6. The minimum absolute atomic E-state index is 0.0784. The molecule has 2 aliphatic heterocycles. The zero-order valence-corrected chi connectivity index (χ0v) is 36.7.